The lowest BCUT2D eigenvalue weighted by atomic mass is 10.5. The standard InChI is InChI=1S/C8H9Cl2N3O3/c1-4(14)16-3-13-6(10)5(9)12-7(13)8(15)11-2/h3H2,1-2H3,(H,11,15). The van der Waals surface area contributed by atoms with Gasteiger partial charge >= 0.3 is 5.97 Å². The fourth-order valence-corrected chi connectivity index (χ4v) is 1.32. The van der Waals surface area contributed by atoms with Crippen molar-refractivity contribution < 1.29 is 14.3 Å². The second-order valence-electron chi connectivity index (χ2n) is 2.79. The van der Waals surface area contributed by atoms with Crippen molar-refractivity contribution in [3.63, 3.8) is 0 Å². The highest BCUT2D eigenvalue weighted by Gasteiger charge is 2.19. The van der Waals surface area contributed by atoms with E-state index in [4.69, 9.17) is 27.9 Å². The summed E-state index contributed by atoms with van der Waals surface area (Å²) in [6.45, 7) is 1.03. The van der Waals surface area contributed by atoms with Crippen molar-refractivity contribution in [2.24, 2.45) is 0 Å². The van der Waals surface area contributed by atoms with Crippen molar-refractivity contribution in [2.75, 3.05) is 7.05 Å². The maximum atomic E-state index is 11.4. The van der Waals surface area contributed by atoms with Gasteiger partial charge in [-0.15, -0.1) is 0 Å². The number of ether oxygens (including phenoxy) is 1. The molecule has 1 heterocycles. The van der Waals surface area contributed by atoms with Crippen LogP contribution in [0.1, 0.15) is 17.5 Å². The van der Waals surface area contributed by atoms with Gasteiger partial charge in [0.2, 0.25) is 5.82 Å². The first kappa shape index (κ1) is 12.8. The molecule has 0 saturated heterocycles. The summed E-state index contributed by atoms with van der Waals surface area (Å²) >= 11 is 11.5. The van der Waals surface area contributed by atoms with Crippen LogP contribution in [0, 0.1) is 0 Å². The van der Waals surface area contributed by atoms with Gasteiger partial charge in [-0.05, 0) is 0 Å². The van der Waals surface area contributed by atoms with Crippen molar-refractivity contribution in [1.29, 1.82) is 0 Å². The van der Waals surface area contributed by atoms with Gasteiger partial charge in [0.1, 0.15) is 0 Å². The number of hydrogen-bond acceptors (Lipinski definition) is 4. The lowest BCUT2D eigenvalue weighted by Gasteiger charge is -2.07. The second kappa shape index (κ2) is 5.18. The molecule has 0 aliphatic rings. The summed E-state index contributed by atoms with van der Waals surface area (Å²) < 4.78 is 5.92. The first-order valence-corrected chi connectivity index (χ1v) is 5.00. The summed E-state index contributed by atoms with van der Waals surface area (Å²) in [5, 5.41) is 2.39. The fraction of sp³-hybridized carbons (Fsp3) is 0.375. The van der Waals surface area contributed by atoms with Gasteiger partial charge < -0.3 is 10.1 Å². The molecule has 1 rings (SSSR count). The summed E-state index contributed by atoms with van der Waals surface area (Å²) in [6.07, 6.45) is 0. The Hall–Kier alpha value is -1.27. The number of rotatable bonds is 3. The van der Waals surface area contributed by atoms with E-state index in [0.29, 0.717) is 0 Å². The minimum Gasteiger partial charge on any atom is -0.444 e. The van der Waals surface area contributed by atoms with E-state index in [2.05, 4.69) is 10.3 Å². The molecule has 8 heteroatoms. The van der Waals surface area contributed by atoms with Gasteiger partial charge in [0.25, 0.3) is 5.91 Å². The molecule has 0 spiro atoms. The average molecular weight is 266 g/mol. The maximum Gasteiger partial charge on any atom is 0.304 e. The van der Waals surface area contributed by atoms with Gasteiger partial charge in [-0.1, -0.05) is 23.2 Å². The molecule has 0 aromatic carbocycles. The Morgan fingerprint density at radius 3 is 2.62 bits per heavy atom. The first-order chi connectivity index (χ1) is 7.47. The predicted octanol–water partition coefficient (Wildman–Crippen LogP) is 1.07. The van der Waals surface area contributed by atoms with Crippen LogP contribution in [0.15, 0.2) is 0 Å². The lowest BCUT2D eigenvalue weighted by molar-refractivity contribution is -0.144. The lowest BCUT2D eigenvalue weighted by Crippen LogP contribution is -2.23. The number of carbonyl (C=O) groups excluding carboxylic acids is 2. The summed E-state index contributed by atoms with van der Waals surface area (Å²) in [7, 11) is 1.44. The molecule has 88 valence electrons. The molecule has 1 aromatic rings. The summed E-state index contributed by atoms with van der Waals surface area (Å²) in [5.74, 6) is -0.983. The third-order valence-corrected chi connectivity index (χ3v) is 2.44. The van der Waals surface area contributed by atoms with Crippen LogP contribution in [0.4, 0.5) is 0 Å². The highest BCUT2D eigenvalue weighted by Crippen LogP contribution is 2.22. The largest absolute Gasteiger partial charge is 0.444 e. The SMILES string of the molecule is CNC(=O)c1nc(Cl)c(Cl)n1COC(C)=O. The molecule has 0 unspecified atom stereocenters. The Balaban J connectivity index is 3.04. The molecular weight excluding hydrogens is 257 g/mol. The van der Waals surface area contributed by atoms with E-state index < -0.39 is 11.9 Å². The number of nitrogens with zero attached hydrogens (tertiary/aromatic N) is 2. The maximum absolute atomic E-state index is 11.4. The highest BCUT2D eigenvalue weighted by atomic mass is 35.5. The number of amides is 1. The smallest absolute Gasteiger partial charge is 0.304 e. The zero-order valence-corrected chi connectivity index (χ0v) is 10.1. The van der Waals surface area contributed by atoms with Crippen LogP contribution in [0.5, 0.6) is 0 Å². The van der Waals surface area contributed by atoms with E-state index in [-0.39, 0.29) is 22.9 Å². The number of halogens is 2. The molecule has 6 nitrogen and oxygen atoms in total. The number of imidazole rings is 1. The van der Waals surface area contributed by atoms with E-state index in [1.165, 1.54) is 18.5 Å². The Morgan fingerprint density at radius 1 is 1.50 bits per heavy atom. The molecular formula is C8H9Cl2N3O3. The van der Waals surface area contributed by atoms with Gasteiger partial charge in [0, 0.05) is 14.0 Å². The third kappa shape index (κ3) is 2.65. The van der Waals surface area contributed by atoms with Crippen LogP contribution in [-0.2, 0) is 16.3 Å². The summed E-state index contributed by atoms with van der Waals surface area (Å²) in [4.78, 5) is 25.8. The van der Waals surface area contributed by atoms with Crippen molar-refractivity contribution in [2.45, 2.75) is 13.7 Å². The van der Waals surface area contributed by atoms with E-state index >= 15 is 0 Å². The number of esters is 1. The molecule has 0 atom stereocenters. The molecule has 0 bridgehead atoms. The molecule has 1 aromatic heterocycles. The molecule has 0 saturated carbocycles. The number of carbonyl (C=O) groups is 2. The molecule has 0 fully saturated rings. The van der Waals surface area contributed by atoms with Crippen LogP contribution in [0.3, 0.4) is 0 Å². The Morgan fingerprint density at radius 2 is 2.12 bits per heavy atom. The quantitative estimate of drug-likeness (QED) is 0.830. The van der Waals surface area contributed by atoms with E-state index in [1.54, 1.807) is 0 Å². The number of aromatic nitrogens is 2. The minimum atomic E-state index is -0.497. The Bertz CT molecular complexity index is 430. The minimum absolute atomic E-state index is 0.0150. The molecule has 0 aliphatic carbocycles. The number of nitrogens with one attached hydrogen (secondary N) is 1. The van der Waals surface area contributed by atoms with Crippen molar-refractivity contribution in [3.8, 4) is 0 Å². The first-order valence-electron chi connectivity index (χ1n) is 4.24. The van der Waals surface area contributed by atoms with Crippen LogP contribution >= 0.6 is 23.2 Å². The number of hydrogen-bond donors (Lipinski definition) is 1. The monoisotopic (exact) mass is 265 g/mol. The molecule has 1 amide bonds. The van der Waals surface area contributed by atoms with Gasteiger partial charge in [-0.25, -0.2) is 4.98 Å². The van der Waals surface area contributed by atoms with Crippen molar-refractivity contribution >= 4 is 35.1 Å². The van der Waals surface area contributed by atoms with E-state index in [1.807, 2.05) is 0 Å². The molecule has 0 aliphatic heterocycles. The third-order valence-electron chi connectivity index (χ3n) is 1.69. The Labute approximate surface area is 101 Å². The van der Waals surface area contributed by atoms with E-state index in [0.717, 1.165) is 0 Å². The molecule has 1 N–H and O–H groups in total. The van der Waals surface area contributed by atoms with Crippen LogP contribution < -0.4 is 5.32 Å². The summed E-state index contributed by atoms with van der Waals surface area (Å²) in [6, 6.07) is 0. The molecule has 16 heavy (non-hydrogen) atoms. The highest BCUT2D eigenvalue weighted by molar-refractivity contribution is 6.40. The Kier molecular flexibility index (Phi) is 4.14. The summed E-state index contributed by atoms with van der Waals surface area (Å²) in [5.41, 5.74) is 0. The zero-order valence-electron chi connectivity index (χ0n) is 8.58. The van der Waals surface area contributed by atoms with Crippen molar-refractivity contribution in [3.05, 3.63) is 16.1 Å². The zero-order chi connectivity index (χ0) is 12.3. The van der Waals surface area contributed by atoms with Crippen LogP contribution in [0.25, 0.3) is 0 Å². The van der Waals surface area contributed by atoms with E-state index in [9.17, 15) is 9.59 Å². The van der Waals surface area contributed by atoms with Gasteiger partial charge in [-0.3, -0.25) is 14.2 Å². The topological polar surface area (TPSA) is 73.2 Å². The van der Waals surface area contributed by atoms with Gasteiger partial charge in [-0.2, -0.15) is 0 Å². The van der Waals surface area contributed by atoms with Gasteiger partial charge in [0.05, 0.1) is 0 Å². The van der Waals surface area contributed by atoms with Crippen LogP contribution in [0.2, 0.25) is 10.3 Å². The van der Waals surface area contributed by atoms with Crippen LogP contribution in [-0.4, -0.2) is 28.5 Å². The fourth-order valence-electron chi connectivity index (χ4n) is 0.962. The second-order valence-corrected chi connectivity index (χ2v) is 3.51. The molecule has 0 radical (unpaired) electrons. The normalized spacial score (nSPS) is 10.0. The average Bonchev–Trinajstić information content (AvgIpc) is 2.52. The van der Waals surface area contributed by atoms with Crippen molar-refractivity contribution in [1.82, 2.24) is 14.9 Å². The van der Waals surface area contributed by atoms with Gasteiger partial charge in [0.15, 0.2) is 17.0 Å². The predicted molar refractivity (Wildman–Crippen MR) is 57.4 cm³/mol.